The van der Waals surface area contributed by atoms with Crippen LogP contribution in [0.15, 0.2) is 29.4 Å². The maximum absolute atomic E-state index is 12.5. The van der Waals surface area contributed by atoms with Crippen LogP contribution in [0.2, 0.25) is 0 Å². The van der Waals surface area contributed by atoms with E-state index in [4.69, 9.17) is 17.3 Å². The second-order valence-corrected chi connectivity index (χ2v) is 2.85. The van der Waals surface area contributed by atoms with Gasteiger partial charge in [-0.25, -0.2) is 9.18 Å². The Balaban J connectivity index is 2.71. The first kappa shape index (κ1) is 11.5. The molecule has 0 spiro atoms. The number of carbonyl (C=O) groups is 1. The van der Waals surface area contributed by atoms with E-state index < -0.39 is 5.97 Å². The number of oxime groups is 1. The Bertz CT molecular complexity index is 378. The summed E-state index contributed by atoms with van der Waals surface area (Å²) in [6, 6.07) is 5.29. The third kappa shape index (κ3) is 3.55. The fourth-order valence-electron chi connectivity index (χ4n) is 0.798. The van der Waals surface area contributed by atoms with Gasteiger partial charge in [0, 0.05) is 5.56 Å². The van der Waals surface area contributed by atoms with Crippen molar-refractivity contribution in [1.29, 1.82) is 0 Å². The topological polar surface area (TPSA) is 64.7 Å². The molecule has 0 aliphatic carbocycles. The first-order valence-corrected chi connectivity index (χ1v) is 4.52. The lowest BCUT2D eigenvalue weighted by Gasteiger charge is -1.99. The molecule has 0 saturated carbocycles. The summed E-state index contributed by atoms with van der Waals surface area (Å²) in [6.45, 7) is 0. The molecule has 0 amide bonds. The summed E-state index contributed by atoms with van der Waals surface area (Å²) in [4.78, 5) is 15.0. The molecule has 0 heterocycles. The van der Waals surface area contributed by atoms with Crippen molar-refractivity contribution in [2.24, 2.45) is 10.9 Å². The normalized spacial score (nSPS) is 11.2. The van der Waals surface area contributed by atoms with E-state index in [1.165, 1.54) is 24.3 Å². The summed E-state index contributed by atoms with van der Waals surface area (Å²) in [5.74, 6) is -1.42. The number of hydrogen-bond acceptors (Lipinski definition) is 3. The Morgan fingerprint density at radius 3 is 2.60 bits per heavy atom. The van der Waals surface area contributed by atoms with Crippen molar-refractivity contribution in [2.45, 2.75) is 0 Å². The average molecular weight is 231 g/mol. The van der Waals surface area contributed by atoms with Gasteiger partial charge in [0.1, 0.15) is 11.7 Å². The van der Waals surface area contributed by atoms with E-state index in [1.807, 2.05) is 0 Å². The number of carbonyl (C=O) groups excluding carboxylic acids is 1. The SMILES string of the molecule is NC(=NOC(=O)CCl)c1ccc(F)cc1. The monoisotopic (exact) mass is 230 g/mol. The molecule has 0 aromatic heterocycles. The maximum atomic E-state index is 12.5. The summed E-state index contributed by atoms with van der Waals surface area (Å²) in [6.07, 6.45) is 0. The molecule has 0 bridgehead atoms. The van der Waals surface area contributed by atoms with Crippen LogP contribution in [0.5, 0.6) is 0 Å². The molecule has 0 fully saturated rings. The average Bonchev–Trinajstić information content (AvgIpc) is 2.26. The molecule has 0 unspecified atom stereocenters. The maximum Gasteiger partial charge on any atom is 0.349 e. The summed E-state index contributed by atoms with van der Waals surface area (Å²) in [5, 5.41) is 3.33. The van der Waals surface area contributed by atoms with Crippen LogP contribution in [0.4, 0.5) is 4.39 Å². The highest BCUT2D eigenvalue weighted by molar-refractivity contribution is 6.26. The lowest BCUT2D eigenvalue weighted by atomic mass is 10.2. The molecule has 1 aromatic rings. The van der Waals surface area contributed by atoms with Crippen LogP contribution in [0.1, 0.15) is 5.56 Å². The van der Waals surface area contributed by atoms with Crippen LogP contribution in [-0.4, -0.2) is 17.7 Å². The number of nitrogens with zero attached hydrogens (tertiary/aromatic N) is 1. The van der Waals surface area contributed by atoms with Crippen molar-refractivity contribution in [1.82, 2.24) is 0 Å². The highest BCUT2D eigenvalue weighted by Crippen LogP contribution is 2.02. The Morgan fingerprint density at radius 1 is 1.47 bits per heavy atom. The number of benzene rings is 1. The fraction of sp³-hybridized carbons (Fsp3) is 0.111. The highest BCUT2D eigenvalue weighted by atomic mass is 35.5. The smallest absolute Gasteiger partial charge is 0.349 e. The second-order valence-electron chi connectivity index (χ2n) is 2.58. The van der Waals surface area contributed by atoms with Crippen molar-refractivity contribution in [2.75, 3.05) is 5.88 Å². The second kappa shape index (κ2) is 5.31. The van der Waals surface area contributed by atoms with Gasteiger partial charge >= 0.3 is 5.97 Å². The predicted octanol–water partition coefficient (Wildman–Crippen LogP) is 1.23. The van der Waals surface area contributed by atoms with Gasteiger partial charge in [-0.2, -0.15) is 0 Å². The van der Waals surface area contributed by atoms with Crippen molar-refractivity contribution in [3.8, 4) is 0 Å². The zero-order valence-corrected chi connectivity index (χ0v) is 8.37. The van der Waals surface area contributed by atoms with Gasteiger partial charge in [-0.1, -0.05) is 5.16 Å². The standard InChI is InChI=1S/C9H8ClFN2O2/c10-5-8(14)15-13-9(12)6-1-3-7(11)4-2-6/h1-4H,5H2,(H2,12,13). The minimum Gasteiger partial charge on any atom is -0.380 e. The van der Waals surface area contributed by atoms with Crippen molar-refractivity contribution in [3.63, 3.8) is 0 Å². The number of amidine groups is 1. The summed E-state index contributed by atoms with van der Waals surface area (Å²) in [5.41, 5.74) is 5.91. The molecule has 0 atom stereocenters. The largest absolute Gasteiger partial charge is 0.380 e. The number of nitrogens with two attached hydrogens (primary N) is 1. The minimum absolute atomic E-state index is 0.0199. The number of alkyl halides is 1. The first-order valence-electron chi connectivity index (χ1n) is 3.98. The van der Waals surface area contributed by atoms with E-state index in [1.54, 1.807) is 0 Å². The lowest BCUT2D eigenvalue weighted by molar-refractivity contribution is -0.140. The minimum atomic E-state index is -0.707. The van der Waals surface area contributed by atoms with Gasteiger partial charge in [0.25, 0.3) is 0 Å². The molecule has 15 heavy (non-hydrogen) atoms. The van der Waals surface area contributed by atoms with E-state index in [2.05, 4.69) is 9.99 Å². The third-order valence-corrected chi connectivity index (χ3v) is 1.71. The van der Waals surface area contributed by atoms with E-state index in [-0.39, 0.29) is 17.5 Å². The van der Waals surface area contributed by atoms with Crippen molar-refractivity contribution in [3.05, 3.63) is 35.6 Å². The molecule has 0 aliphatic rings. The highest BCUT2D eigenvalue weighted by Gasteiger charge is 2.02. The summed E-state index contributed by atoms with van der Waals surface area (Å²) in [7, 11) is 0. The van der Waals surface area contributed by atoms with E-state index >= 15 is 0 Å². The van der Waals surface area contributed by atoms with Crippen LogP contribution in [0.3, 0.4) is 0 Å². The molecule has 6 heteroatoms. The number of rotatable bonds is 3. The van der Waals surface area contributed by atoms with Gasteiger partial charge in [-0.15, -0.1) is 11.6 Å². The first-order chi connectivity index (χ1) is 7.13. The van der Waals surface area contributed by atoms with E-state index in [0.29, 0.717) is 5.56 Å². The molecule has 1 aromatic carbocycles. The number of halogens is 2. The van der Waals surface area contributed by atoms with Crippen LogP contribution < -0.4 is 5.73 Å². The Kier molecular flexibility index (Phi) is 4.05. The molecule has 1 rings (SSSR count). The Morgan fingerprint density at radius 2 is 2.07 bits per heavy atom. The zero-order chi connectivity index (χ0) is 11.3. The van der Waals surface area contributed by atoms with Gasteiger partial charge in [0.2, 0.25) is 0 Å². The summed E-state index contributed by atoms with van der Waals surface area (Å²) < 4.78 is 12.5. The zero-order valence-electron chi connectivity index (χ0n) is 7.61. The van der Waals surface area contributed by atoms with E-state index in [9.17, 15) is 9.18 Å². The van der Waals surface area contributed by atoms with E-state index in [0.717, 1.165) is 0 Å². The molecule has 0 radical (unpaired) electrons. The summed E-state index contributed by atoms with van der Waals surface area (Å²) >= 11 is 5.17. The molecule has 80 valence electrons. The van der Waals surface area contributed by atoms with Gasteiger partial charge in [0.05, 0.1) is 0 Å². The molecule has 0 aliphatic heterocycles. The third-order valence-electron chi connectivity index (χ3n) is 1.49. The number of hydrogen-bond donors (Lipinski definition) is 1. The molecule has 4 nitrogen and oxygen atoms in total. The molecular formula is C9H8ClFN2O2. The lowest BCUT2D eigenvalue weighted by Crippen LogP contribution is -2.15. The van der Waals surface area contributed by atoms with Crippen LogP contribution in [0.25, 0.3) is 0 Å². The molecule has 2 N–H and O–H groups in total. The van der Waals surface area contributed by atoms with Gasteiger partial charge in [0.15, 0.2) is 5.84 Å². The van der Waals surface area contributed by atoms with Crippen LogP contribution >= 0.6 is 11.6 Å². The fourth-order valence-corrected chi connectivity index (χ4v) is 0.847. The quantitative estimate of drug-likeness (QED) is 0.279. The van der Waals surface area contributed by atoms with Crippen molar-refractivity contribution >= 4 is 23.4 Å². The molecule has 0 saturated heterocycles. The Hall–Kier alpha value is -1.62. The predicted molar refractivity (Wildman–Crippen MR) is 53.9 cm³/mol. The van der Waals surface area contributed by atoms with Gasteiger partial charge in [-0.05, 0) is 24.3 Å². The van der Waals surface area contributed by atoms with Crippen LogP contribution in [0, 0.1) is 5.82 Å². The Labute approximate surface area is 90.5 Å². The van der Waals surface area contributed by atoms with Crippen molar-refractivity contribution < 1.29 is 14.0 Å². The van der Waals surface area contributed by atoms with Crippen LogP contribution in [-0.2, 0) is 9.63 Å². The molecular weight excluding hydrogens is 223 g/mol. The van der Waals surface area contributed by atoms with Gasteiger partial charge < -0.3 is 10.6 Å². The van der Waals surface area contributed by atoms with Gasteiger partial charge in [-0.3, -0.25) is 0 Å².